The van der Waals surface area contributed by atoms with Crippen molar-refractivity contribution < 1.29 is 18.3 Å². The molecule has 0 fully saturated rings. The minimum absolute atomic E-state index is 0.0469. The van der Waals surface area contributed by atoms with Gasteiger partial charge in [-0.15, -0.1) is 0 Å². The van der Waals surface area contributed by atoms with Gasteiger partial charge in [-0.2, -0.15) is 18.2 Å². The van der Waals surface area contributed by atoms with Crippen molar-refractivity contribution >= 4 is 11.8 Å². The van der Waals surface area contributed by atoms with Crippen molar-refractivity contribution in [3.8, 4) is 11.3 Å². The Labute approximate surface area is 200 Å². The van der Waals surface area contributed by atoms with E-state index in [9.17, 15) is 18.3 Å². The summed E-state index contributed by atoms with van der Waals surface area (Å²) in [6.45, 7) is -0.0394. The quantitative estimate of drug-likeness (QED) is 0.307. The molecule has 0 spiro atoms. The van der Waals surface area contributed by atoms with Crippen LogP contribution in [0.4, 0.5) is 24.9 Å². The molecule has 2 aromatic carbocycles. The highest BCUT2D eigenvalue weighted by molar-refractivity contribution is 5.59. The summed E-state index contributed by atoms with van der Waals surface area (Å²) in [6.07, 6.45) is -1.84. The van der Waals surface area contributed by atoms with Crippen LogP contribution in [0, 0.1) is 0 Å². The van der Waals surface area contributed by atoms with Gasteiger partial charge in [0.1, 0.15) is 11.4 Å². The lowest BCUT2D eigenvalue weighted by molar-refractivity contribution is -0.137. The summed E-state index contributed by atoms with van der Waals surface area (Å²) in [5.74, 6) is -0.332. The molecule has 0 saturated heterocycles. The highest BCUT2D eigenvalue weighted by Gasteiger charge is 2.35. The normalized spacial score (nSPS) is 12.2. The van der Waals surface area contributed by atoms with Gasteiger partial charge in [0.15, 0.2) is 0 Å². The van der Waals surface area contributed by atoms with Crippen LogP contribution in [0.3, 0.4) is 0 Å². The summed E-state index contributed by atoms with van der Waals surface area (Å²) in [5.41, 5.74) is 2.60. The fourth-order valence-corrected chi connectivity index (χ4v) is 3.55. The fraction of sp³-hybridized carbons (Fsp3) is 0.192. The Bertz CT molecular complexity index is 1220. The zero-order valence-corrected chi connectivity index (χ0v) is 18.7. The van der Waals surface area contributed by atoms with Crippen LogP contribution in [0.1, 0.15) is 16.7 Å². The van der Waals surface area contributed by atoms with Crippen LogP contribution in [0.15, 0.2) is 85.2 Å². The summed E-state index contributed by atoms with van der Waals surface area (Å²) in [4.78, 5) is 12.2. The van der Waals surface area contributed by atoms with Crippen LogP contribution >= 0.6 is 0 Å². The topological polar surface area (TPSA) is 83.0 Å². The third kappa shape index (κ3) is 6.54. The molecule has 0 aliphatic rings. The number of nitrogens with zero attached hydrogens (tertiary/aromatic N) is 3. The van der Waals surface area contributed by atoms with E-state index in [-0.39, 0.29) is 18.4 Å². The molecule has 0 bridgehead atoms. The lowest BCUT2D eigenvalue weighted by atomic mass is 10.1. The maximum atomic E-state index is 13.6. The number of benzene rings is 2. The molecule has 9 heteroatoms. The van der Waals surface area contributed by atoms with E-state index >= 15 is 0 Å². The minimum Gasteiger partial charge on any atom is -0.394 e. The molecule has 0 saturated carbocycles. The Hall–Kier alpha value is -3.98. The smallest absolute Gasteiger partial charge is 0.394 e. The van der Waals surface area contributed by atoms with Crippen molar-refractivity contribution in [2.75, 3.05) is 17.2 Å². The van der Waals surface area contributed by atoms with Gasteiger partial charge >= 0.3 is 6.18 Å². The molecule has 0 amide bonds. The maximum absolute atomic E-state index is 13.6. The molecule has 6 nitrogen and oxygen atoms in total. The van der Waals surface area contributed by atoms with Crippen molar-refractivity contribution in [1.29, 1.82) is 0 Å². The molecule has 0 radical (unpaired) electrons. The first-order valence-corrected chi connectivity index (χ1v) is 11.0. The van der Waals surface area contributed by atoms with Crippen molar-refractivity contribution in [3.63, 3.8) is 0 Å². The van der Waals surface area contributed by atoms with Gasteiger partial charge < -0.3 is 15.7 Å². The van der Waals surface area contributed by atoms with Gasteiger partial charge in [0.05, 0.1) is 18.3 Å². The zero-order valence-electron chi connectivity index (χ0n) is 18.7. The summed E-state index contributed by atoms with van der Waals surface area (Å²) < 4.78 is 40.7. The number of aliphatic hydroxyl groups is 1. The number of alkyl halides is 3. The van der Waals surface area contributed by atoms with Crippen LogP contribution < -0.4 is 10.6 Å². The second-order valence-electron chi connectivity index (χ2n) is 7.93. The first kappa shape index (κ1) is 24.2. The number of anilines is 2. The van der Waals surface area contributed by atoms with Crippen molar-refractivity contribution in [2.24, 2.45) is 0 Å². The van der Waals surface area contributed by atoms with E-state index < -0.39 is 17.8 Å². The second-order valence-corrected chi connectivity index (χ2v) is 7.93. The van der Waals surface area contributed by atoms with Crippen molar-refractivity contribution in [2.45, 2.75) is 25.2 Å². The molecule has 0 aliphatic heterocycles. The summed E-state index contributed by atoms with van der Waals surface area (Å²) in [6, 6.07) is 21.9. The van der Waals surface area contributed by atoms with Crippen LogP contribution in [0.5, 0.6) is 0 Å². The Morgan fingerprint density at radius 1 is 0.857 bits per heavy atom. The Morgan fingerprint density at radius 3 is 2.26 bits per heavy atom. The Kier molecular flexibility index (Phi) is 7.57. The molecule has 0 unspecified atom stereocenters. The van der Waals surface area contributed by atoms with Crippen LogP contribution in [-0.4, -0.2) is 32.7 Å². The molecule has 1 atom stereocenters. The van der Waals surface area contributed by atoms with Gasteiger partial charge in [-0.3, -0.25) is 4.98 Å². The predicted octanol–water partition coefficient (Wildman–Crippen LogP) is 5.19. The molecule has 3 N–H and O–H groups in total. The first-order valence-electron chi connectivity index (χ1n) is 11.0. The Morgan fingerprint density at radius 2 is 1.60 bits per heavy atom. The van der Waals surface area contributed by atoms with Crippen molar-refractivity contribution in [3.05, 3.63) is 102 Å². The number of aromatic nitrogens is 3. The monoisotopic (exact) mass is 479 g/mol. The standard InChI is InChI=1S/C26H24F3N5O/c27-26(28,29)22-16-32-25(34-24(22)33-21(17-35)14-18-6-2-1-3-7-18)31-15-19-9-11-20(12-10-19)23-8-4-5-13-30-23/h1-13,16,21,35H,14-15,17H2,(H2,31,32,33,34)/t21-/m1/s1. The largest absolute Gasteiger partial charge is 0.421 e. The van der Waals surface area contributed by atoms with E-state index in [1.165, 1.54) is 0 Å². The molecule has 2 heterocycles. The average Bonchev–Trinajstić information content (AvgIpc) is 2.88. The number of nitrogens with one attached hydrogen (secondary N) is 2. The molecule has 35 heavy (non-hydrogen) atoms. The van der Waals surface area contributed by atoms with Gasteiger partial charge in [-0.1, -0.05) is 60.7 Å². The molecular formula is C26H24F3N5O. The van der Waals surface area contributed by atoms with E-state index in [0.717, 1.165) is 28.6 Å². The lowest BCUT2D eigenvalue weighted by Crippen LogP contribution is -2.29. The third-order valence-electron chi connectivity index (χ3n) is 5.35. The lowest BCUT2D eigenvalue weighted by Gasteiger charge is -2.20. The number of hydrogen-bond donors (Lipinski definition) is 3. The number of aliphatic hydroxyl groups excluding tert-OH is 1. The van der Waals surface area contributed by atoms with Gasteiger partial charge in [0.25, 0.3) is 0 Å². The number of halogens is 3. The predicted molar refractivity (Wildman–Crippen MR) is 129 cm³/mol. The van der Waals surface area contributed by atoms with Gasteiger partial charge in [-0.25, -0.2) is 4.98 Å². The summed E-state index contributed by atoms with van der Waals surface area (Å²) in [7, 11) is 0. The van der Waals surface area contributed by atoms with E-state index in [4.69, 9.17) is 0 Å². The molecule has 4 aromatic rings. The average molecular weight is 480 g/mol. The molecule has 4 rings (SSSR count). The highest BCUT2D eigenvalue weighted by Crippen LogP contribution is 2.34. The van der Waals surface area contributed by atoms with Gasteiger partial charge in [0.2, 0.25) is 5.95 Å². The van der Waals surface area contributed by atoms with E-state index in [1.807, 2.05) is 72.8 Å². The maximum Gasteiger partial charge on any atom is 0.421 e. The fourth-order valence-electron chi connectivity index (χ4n) is 3.55. The molecule has 2 aromatic heterocycles. The van der Waals surface area contributed by atoms with E-state index in [0.29, 0.717) is 13.0 Å². The third-order valence-corrected chi connectivity index (χ3v) is 5.35. The summed E-state index contributed by atoms with van der Waals surface area (Å²) in [5, 5.41) is 15.5. The van der Waals surface area contributed by atoms with Crippen LogP contribution in [0.25, 0.3) is 11.3 Å². The first-order chi connectivity index (χ1) is 16.9. The molecule has 180 valence electrons. The van der Waals surface area contributed by atoms with Crippen LogP contribution in [0.2, 0.25) is 0 Å². The number of rotatable bonds is 9. The zero-order chi connectivity index (χ0) is 24.7. The van der Waals surface area contributed by atoms with Gasteiger partial charge in [0, 0.05) is 24.5 Å². The number of pyridine rings is 1. The summed E-state index contributed by atoms with van der Waals surface area (Å²) >= 11 is 0. The van der Waals surface area contributed by atoms with E-state index in [1.54, 1.807) is 6.20 Å². The Balaban J connectivity index is 1.48. The minimum atomic E-state index is -4.64. The number of hydrogen-bond acceptors (Lipinski definition) is 6. The highest BCUT2D eigenvalue weighted by atomic mass is 19.4. The van der Waals surface area contributed by atoms with Crippen LogP contribution in [-0.2, 0) is 19.1 Å². The van der Waals surface area contributed by atoms with Crippen molar-refractivity contribution in [1.82, 2.24) is 15.0 Å². The van der Waals surface area contributed by atoms with E-state index in [2.05, 4.69) is 25.6 Å². The SMILES string of the molecule is OC[C@@H](Cc1ccccc1)Nc1nc(NCc2ccc(-c3ccccn3)cc2)ncc1C(F)(F)F. The second kappa shape index (κ2) is 11.0. The molecular weight excluding hydrogens is 455 g/mol. The molecule has 0 aliphatic carbocycles. The van der Waals surface area contributed by atoms with Gasteiger partial charge in [-0.05, 0) is 29.7 Å².